The first-order valence-electron chi connectivity index (χ1n) is 4.38. The number of nitrogens with one attached hydrogen (secondary N) is 1. The molecule has 0 bridgehead atoms. The van der Waals surface area contributed by atoms with Gasteiger partial charge in [0.1, 0.15) is 0 Å². The molecule has 1 fully saturated rings. The monoisotopic (exact) mass is 181 g/mol. The summed E-state index contributed by atoms with van der Waals surface area (Å²) in [7, 11) is 0. The molecule has 3 N–H and O–H groups in total. The molecule has 0 atom stereocenters. The molecule has 0 aromatic heterocycles. The van der Waals surface area contributed by atoms with Gasteiger partial charge in [0.05, 0.1) is 17.0 Å². The Morgan fingerprint density at radius 3 is 2.62 bits per heavy atom. The van der Waals surface area contributed by atoms with E-state index in [1.807, 2.05) is 0 Å². The Hall–Kier alpha value is -1.08. The highest BCUT2D eigenvalue weighted by Gasteiger charge is 2.46. The Morgan fingerprint density at radius 1 is 1.69 bits per heavy atom. The van der Waals surface area contributed by atoms with Crippen LogP contribution in [0.3, 0.4) is 0 Å². The molecule has 72 valence electrons. The summed E-state index contributed by atoms with van der Waals surface area (Å²) in [4.78, 5) is 11.3. The van der Waals surface area contributed by atoms with Crippen LogP contribution in [0.15, 0.2) is 0 Å². The van der Waals surface area contributed by atoms with Crippen molar-refractivity contribution in [2.75, 3.05) is 6.54 Å². The second kappa shape index (κ2) is 3.00. The molecular formula is C9H15N3O. The lowest BCUT2D eigenvalue weighted by atomic mass is 9.96. The highest BCUT2D eigenvalue weighted by Crippen LogP contribution is 2.32. The maximum Gasteiger partial charge on any atom is 0.240 e. The average molecular weight is 181 g/mol. The topological polar surface area (TPSA) is 78.9 Å². The molecule has 0 aromatic carbocycles. The standard InChI is InChI=1S/C9H15N3O/c1-8(2,5-10)6-12-7(13)9(11)3-4-9/h3-4,6,11H2,1-2H3,(H,12,13). The van der Waals surface area contributed by atoms with Crippen LogP contribution in [0.1, 0.15) is 26.7 Å². The first kappa shape index (κ1) is 10.0. The molecule has 0 spiro atoms. The summed E-state index contributed by atoms with van der Waals surface area (Å²) in [5.41, 5.74) is 4.52. The summed E-state index contributed by atoms with van der Waals surface area (Å²) < 4.78 is 0. The third kappa shape index (κ3) is 2.43. The van der Waals surface area contributed by atoms with Gasteiger partial charge in [0, 0.05) is 6.54 Å². The van der Waals surface area contributed by atoms with Crippen LogP contribution in [0.4, 0.5) is 0 Å². The lowest BCUT2D eigenvalue weighted by molar-refractivity contribution is -0.123. The van der Waals surface area contributed by atoms with E-state index in [2.05, 4.69) is 11.4 Å². The van der Waals surface area contributed by atoms with Crippen LogP contribution in [0.2, 0.25) is 0 Å². The van der Waals surface area contributed by atoms with Gasteiger partial charge in [0.2, 0.25) is 5.91 Å². The van der Waals surface area contributed by atoms with E-state index in [0.717, 1.165) is 12.8 Å². The second-order valence-electron chi connectivity index (χ2n) is 4.33. The minimum Gasteiger partial charge on any atom is -0.353 e. The van der Waals surface area contributed by atoms with Crippen LogP contribution in [0, 0.1) is 16.7 Å². The van der Waals surface area contributed by atoms with E-state index < -0.39 is 11.0 Å². The van der Waals surface area contributed by atoms with E-state index in [1.54, 1.807) is 13.8 Å². The Labute approximate surface area is 78.1 Å². The van der Waals surface area contributed by atoms with Gasteiger partial charge in [-0.15, -0.1) is 0 Å². The Bertz CT molecular complexity index is 261. The van der Waals surface area contributed by atoms with Crippen LogP contribution in [-0.2, 0) is 4.79 Å². The average Bonchev–Trinajstić information content (AvgIpc) is 2.81. The summed E-state index contributed by atoms with van der Waals surface area (Å²) in [6.45, 7) is 3.92. The lowest BCUT2D eigenvalue weighted by Gasteiger charge is -2.17. The summed E-state index contributed by atoms with van der Waals surface area (Å²) in [5, 5.41) is 11.4. The van der Waals surface area contributed by atoms with Crippen LogP contribution in [0.25, 0.3) is 0 Å². The van der Waals surface area contributed by atoms with E-state index in [0.29, 0.717) is 6.54 Å². The number of rotatable bonds is 3. The van der Waals surface area contributed by atoms with E-state index in [-0.39, 0.29) is 5.91 Å². The normalized spacial score (nSPS) is 18.9. The summed E-state index contributed by atoms with van der Waals surface area (Å²) in [6, 6.07) is 2.11. The molecule has 4 nitrogen and oxygen atoms in total. The van der Waals surface area contributed by atoms with Crippen molar-refractivity contribution in [3.63, 3.8) is 0 Å². The van der Waals surface area contributed by atoms with E-state index >= 15 is 0 Å². The number of hydrogen-bond acceptors (Lipinski definition) is 3. The van der Waals surface area contributed by atoms with Crippen LogP contribution < -0.4 is 11.1 Å². The van der Waals surface area contributed by atoms with Gasteiger partial charge in [0.15, 0.2) is 0 Å². The van der Waals surface area contributed by atoms with Gasteiger partial charge in [-0.3, -0.25) is 4.79 Å². The van der Waals surface area contributed by atoms with Crippen LogP contribution >= 0.6 is 0 Å². The van der Waals surface area contributed by atoms with Gasteiger partial charge in [-0.2, -0.15) is 5.26 Å². The van der Waals surface area contributed by atoms with E-state index in [4.69, 9.17) is 11.0 Å². The molecule has 1 rings (SSSR count). The van der Waals surface area contributed by atoms with Gasteiger partial charge < -0.3 is 11.1 Å². The summed E-state index contributed by atoms with van der Waals surface area (Å²) in [5.74, 6) is -0.129. The van der Waals surface area contributed by atoms with E-state index in [1.165, 1.54) is 0 Å². The molecular weight excluding hydrogens is 166 g/mol. The summed E-state index contributed by atoms with van der Waals surface area (Å²) in [6.07, 6.45) is 1.51. The number of nitrogens with two attached hydrogens (primary N) is 1. The molecule has 1 aliphatic rings. The number of carbonyl (C=O) groups excluding carboxylic acids is 1. The molecule has 1 saturated carbocycles. The Morgan fingerprint density at radius 2 is 2.23 bits per heavy atom. The van der Waals surface area contributed by atoms with Crippen LogP contribution in [0.5, 0.6) is 0 Å². The minimum absolute atomic E-state index is 0.129. The number of nitrogens with zero attached hydrogens (tertiary/aromatic N) is 1. The lowest BCUT2D eigenvalue weighted by Crippen LogP contribution is -2.45. The predicted octanol–water partition coefficient (Wildman–Crippen LogP) is 0.144. The van der Waals surface area contributed by atoms with Gasteiger partial charge in [-0.05, 0) is 26.7 Å². The fourth-order valence-corrected chi connectivity index (χ4v) is 0.879. The number of amides is 1. The Balaban J connectivity index is 2.36. The molecule has 1 amide bonds. The minimum atomic E-state index is -0.633. The van der Waals surface area contributed by atoms with Gasteiger partial charge in [-0.25, -0.2) is 0 Å². The summed E-state index contributed by atoms with van der Waals surface area (Å²) >= 11 is 0. The number of hydrogen-bond donors (Lipinski definition) is 2. The SMILES string of the molecule is CC(C)(C#N)CNC(=O)C1(N)CC1. The molecule has 0 unspecified atom stereocenters. The number of carbonyl (C=O) groups is 1. The molecule has 4 heteroatoms. The van der Waals surface area contributed by atoms with Crippen molar-refractivity contribution in [2.45, 2.75) is 32.2 Å². The molecule has 1 aliphatic carbocycles. The van der Waals surface area contributed by atoms with Crippen molar-refractivity contribution in [3.05, 3.63) is 0 Å². The smallest absolute Gasteiger partial charge is 0.240 e. The third-order valence-electron chi connectivity index (χ3n) is 2.23. The number of nitriles is 1. The molecule has 0 heterocycles. The van der Waals surface area contributed by atoms with E-state index in [9.17, 15) is 4.79 Å². The third-order valence-corrected chi connectivity index (χ3v) is 2.23. The maximum absolute atomic E-state index is 11.3. The Kier molecular flexibility index (Phi) is 2.31. The fraction of sp³-hybridized carbons (Fsp3) is 0.778. The first-order valence-corrected chi connectivity index (χ1v) is 4.38. The quantitative estimate of drug-likeness (QED) is 0.650. The largest absolute Gasteiger partial charge is 0.353 e. The molecule has 13 heavy (non-hydrogen) atoms. The van der Waals surface area contributed by atoms with Crippen molar-refractivity contribution in [3.8, 4) is 6.07 Å². The zero-order valence-corrected chi connectivity index (χ0v) is 8.05. The second-order valence-corrected chi connectivity index (χ2v) is 4.33. The van der Waals surface area contributed by atoms with Crippen molar-refractivity contribution >= 4 is 5.91 Å². The zero-order valence-electron chi connectivity index (χ0n) is 8.05. The maximum atomic E-state index is 11.3. The van der Waals surface area contributed by atoms with Gasteiger partial charge in [-0.1, -0.05) is 0 Å². The predicted molar refractivity (Wildman–Crippen MR) is 48.6 cm³/mol. The molecule has 0 aromatic rings. The molecule has 0 aliphatic heterocycles. The zero-order chi connectivity index (χ0) is 10.1. The molecule has 0 saturated heterocycles. The molecule has 0 radical (unpaired) electrons. The van der Waals surface area contributed by atoms with Gasteiger partial charge in [0.25, 0.3) is 0 Å². The van der Waals surface area contributed by atoms with Gasteiger partial charge >= 0.3 is 0 Å². The first-order chi connectivity index (χ1) is 5.90. The van der Waals surface area contributed by atoms with Crippen molar-refractivity contribution in [2.24, 2.45) is 11.1 Å². The highest BCUT2D eigenvalue weighted by molar-refractivity contribution is 5.88. The van der Waals surface area contributed by atoms with Crippen molar-refractivity contribution in [1.29, 1.82) is 5.26 Å². The van der Waals surface area contributed by atoms with Crippen LogP contribution in [-0.4, -0.2) is 18.0 Å². The highest BCUT2D eigenvalue weighted by atomic mass is 16.2. The van der Waals surface area contributed by atoms with Crippen molar-refractivity contribution < 1.29 is 4.79 Å². The van der Waals surface area contributed by atoms with Crippen molar-refractivity contribution in [1.82, 2.24) is 5.32 Å². The fourth-order valence-electron chi connectivity index (χ4n) is 0.879.